The number of amides is 1. The van der Waals surface area contributed by atoms with Gasteiger partial charge in [-0.25, -0.2) is 0 Å². The van der Waals surface area contributed by atoms with Crippen molar-refractivity contribution in [3.63, 3.8) is 0 Å². The third-order valence-corrected chi connectivity index (χ3v) is 2.99. The smallest absolute Gasteiger partial charge is 0.234 e. The lowest BCUT2D eigenvalue weighted by atomic mass is 9.86. The molecule has 14 heavy (non-hydrogen) atoms. The normalized spacial score (nSPS) is 27.3. The largest absolute Gasteiger partial charge is 0.352 e. The molecule has 0 spiro atoms. The fourth-order valence-corrected chi connectivity index (χ4v) is 2.03. The molecule has 1 saturated carbocycles. The van der Waals surface area contributed by atoms with Gasteiger partial charge in [0.1, 0.15) is 0 Å². The van der Waals surface area contributed by atoms with Crippen molar-refractivity contribution in [2.24, 2.45) is 5.92 Å². The van der Waals surface area contributed by atoms with Crippen molar-refractivity contribution in [2.45, 2.75) is 45.6 Å². The first-order valence-corrected chi connectivity index (χ1v) is 5.74. The van der Waals surface area contributed by atoms with E-state index in [0.717, 1.165) is 13.0 Å². The van der Waals surface area contributed by atoms with Crippen molar-refractivity contribution in [3.05, 3.63) is 0 Å². The van der Waals surface area contributed by atoms with Gasteiger partial charge in [0, 0.05) is 6.04 Å². The highest BCUT2D eigenvalue weighted by molar-refractivity contribution is 5.78. The Labute approximate surface area is 86.6 Å². The molecule has 1 aliphatic rings. The molecule has 1 rings (SSSR count). The van der Waals surface area contributed by atoms with Crippen LogP contribution in [0.1, 0.15) is 39.5 Å². The zero-order chi connectivity index (χ0) is 10.4. The lowest BCUT2D eigenvalue weighted by Crippen LogP contribution is -2.44. The summed E-state index contributed by atoms with van der Waals surface area (Å²) in [6.45, 7) is 5.56. The molecule has 0 aromatic rings. The summed E-state index contributed by atoms with van der Waals surface area (Å²) in [6.07, 6.45) is 4.99. The van der Waals surface area contributed by atoms with Crippen LogP contribution in [0.5, 0.6) is 0 Å². The summed E-state index contributed by atoms with van der Waals surface area (Å²) in [5, 5.41) is 6.14. The SMILES string of the molecule is CCNCC(=O)NC1CCCCC1C. The molecule has 1 fully saturated rings. The van der Waals surface area contributed by atoms with Crippen LogP contribution in [-0.4, -0.2) is 25.0 Å². The maximum Gasteiger partial charge on any atom is 0.234 e. The molecule has 2 unspecified atom stereocenters. The number of carbonyl (C=O) groups is 1. The van der Waals surface area contributed by atoms with Gasteiger partial charge in [-0.3, -0.25) is 4.79 Å². The summed E-state index contributed by atoms with van der Waals surface area (Å²) in [5.74, 6) is 0.792. The maximum absolute atomic E-state index is 11.4. The van der Waals surface area contributed by atoms with E-state index in [1.807, 2.05) is 6.92 Å². The van der Waals surface area contributed by atoms with Gasteiger partial charge in [0.05, 0.1) is 6.54 Å². The summed E-state index contributed by atoms with van der Waals surface area (Å²) < 4.78 is 0. The van der Waals surface area contributed by atoms with Crippen LogP contribution in [0, 0.1) is 5.92 Å². The Morgan fingerprint density at radius 1 is 1.36 bits per heavy atom. The highest BCUT2D eigenvalue weighted by atomic mass is 16.1. The monoisotopic (exact) mass is 198 g/mol. The zero-order valence-electron chi connectivity index (χ0n) is 9.31. The first-order chi connectivity index (χ1) is 6.74. The van der Waals surface area contributed by atoms with E-state index in [0.29, 0.717) is 18.5 Å². The van der Waals surface area contributed by atoms with Crippen LogP contribution >= 0.6 is 0 Å². The van der Waals surface area contributed by atoms with Gasteiger partial charge in [-0.15, -0.1) is 0 Å². The van der Waals surface area contributed by atoms with Crippen LogP contribution in [-0.2, 0) is 4.79 Å². The van der Waals surface area contributed by atoms with Gasteiger partial charge >= 0.3 is 0 Å². The first-order valence-electron chi connectivity index (χ1n) is 5.74. The Balaban J connectivity index is 2.23. The second-order valence-electron chi connectivity index (χ2n) is 4.22. The Kier molecular flexibility index (Phi) is 4.94. The number of carbonyl (C=O) groups excluding carboxylic acids is 1. The van der Waals surface area contributed by atoms with Crippen molar-refractivity contribution in [1.82, 2.24) is 10.6 Å². The quantitative estimate of drug-likeness (QED) is 0.714. The lowest BCUT2D eigenvalue weighted by molar-refractivity contribution is -0.121. The molecular weight excluding hydrogens is 176 g/mol. The van der Waals surface area contributed by atoms with Crippen LogP contribution in [0.4, 0.5) is 0 Å². The summed E-state index contributed by atoms with van der Waals surface area (Å²) in [7, 11) is 0. The number of nitrogens with one attached hydrogen (secondary N) is 2. The Hall–Kier alpha value is -0.570. The van der Waals surface area contributed by atoms with Crippen LogP contribution in [0.25, 0.3) is 0 Å². The molecule has 0 saturated heterocycles. The molecule has 1 aliphatic carbocycles. The van der Waals surface area contributed by atoms with Gasteiger partial charge in [0.15, 0.2) is 0 Å². The zero-order valence-corrected chi connectivity index (χ0v) is 9.31. The second kappa shape index (κ2) is 6.02. The van der Waals surface area contributed by atoms with Gasteiger partial charge in [0.25, 0.3) is 0 Å². The van der Waals surface area contributed by atoms with Crippen molar-refractivity contribution < 1.29 is 4.79 Å². The number of hydrogen-bond acceptors (Lipinski definition) is 2. The van der Waals surface area contributed by atoms with Gasteiger partial charge in [-0.05, 0) is 25.3 Å². The van der Waals surface area contributed by atoms with Crippen molar-refractivity contribution in [3.8, 4) is 0 Å². The average molecular weight is 198 g/mol. The van der Waals surface area contributed by atoms with Crippen LogP contribution < -0.4 is 10.6 Å². The lowest BCUT2D eigenvalue weighted by Gasteiger charge is -2.29. The summed E-state index contributed by atoms with van der Waals surface area (Å²) >= 11 is 0. The molecule has 0 bridgehead atoms. The van der Waals surface area contributed by atoms with Gasteiger partial charge in [-0.2, -0.15) is 0 Å². The molecule has 1 amide bonds. The van der Waals surface area contributed by atoms with Crippen molar-refractivity contribution >= 4 is 5.91 Å². The van der Waals surface area contributed by atoms with Crippen LogP contribution in [0.2, 0.25) is 0 Å². The Bertz CT molecular complexity index is 182. The second-order valence-corrected chi connectivity index (χ2v) is 4.22. The minimum absolute atomic E-state index is 0.144. The van der Waals surface area contributed by atoms with E-state index in [1.54, 1.807) is 0 Å². The molecule has 0 radical (unpaired) electrons. The fourth-order valence-electron chi connectivity index (χ4n) is 2.03. The van der Waals surface area contributed by atoms with E-state index >= 15 is 0 Å². The van der Waals surface area contributed by atoms with Gasteiger partial charge in [-0.1, -0.05) is 26.7 Å². The molecule has 3 heteroatoms. The average Bonchev–Trinajstić information content (AvgIpc) is 2.18. The minimum atomic E-state index is 0.144. The molecule has 0 aliphatic heterocycles. The maximum atomic E-state index is 11.4. The number of hydrogen-bond donors (Lipinski definition) is 2. The van der Waals surface area contributed by atoms with E-state index < -0.39 is 0 Å². The third kappa shape index (κ3) is 3.66. The number of likely N-dealkylation sites (N-methyl/N-ethyl adjacent to an activating group) is 1. The Morgan fingerprint density at radius 2 is 2.07 bits per heavy atom. The third-order valence-electron chi connectivity index (χ3n) is 2.99. The van der Waals surface area contributed by atoms with E-state index in [4.69, 9.17) is 0 Å². The summed E-state index contributed by atoms with van der Waals surface area (Å²) in [6, 6.07) is 0.412. The summed E-state index contributed by atoms with van der Waals surface area (Å²) in [5.41, 5.74) is 0. The standard InChI is InChI=1S/C11H22N2O/c1-3-12-8-11(14)13-10-7-5-4-6-9(10)2/h9-10,12H,3-8H2,1-2H3,(H,13,14). The van der Waals surface area contributed by atoms with Crippen LogP contribution in [0.15, 0.2) is 0 Å². The molecule has 0 heterocycles. The highest BCUT2D eigenvalue weighted by Crippen LogP contribution is 2.23. The van der Waals surface area contributed by atoms with Crippen molar-refractivity contribution in [2.75, 3.05) is 13.1 Å². The van der Waals surface area contributed by atoms with Gasteiger partial charge < -0.3 is 10.6 Å². The van der Waals surface area contributed by atoms with E-state index in [1.165, 1.54) is 19.3 Å². The molecule has 0 aromatic carbocycles. The van der Waals surface area contributed by atoms with Crippen LogP contribution in [0.3, 0.4) is 0 Å². The highest BCUT2D eigenvalue weighted by Gasteiger charge is 2.22. The van der Waals surface area contributed by atoms with E-state index in [9.17, 15) is 4.79 Å². The summed E-state index contributed by atoms with van der Waals surface area (Å²) in [4.78, 5) is 11.4. The van der Waals surface area contributed by atoms with E-state index in [-0.39, 0.29) is 5.91 Å². The topological polar surface area (TPSA) is 41.1 Å². The van der Waals surface area contributed by atoms with Gasteiger partial charge in [0.2, 0.25) is 5.91 Å². The molecule has 0 aromatic heterocycles. The van der Waals surface area contributed by atoms with Crippen molar-refractivity contribution in [1.29, 1.82) is 0 Å². The molecule has 2 N–H and O–H groups in total. The minimum Gasteiger partial charge on any atom is -0.352 e. The molecular formula is C11H22N2O. The molecule has 2 atom stereocenters. The predicted molar refractivity (Wildman–Crippen MR) is 58.1 cm³/mol. The first kappa shape index (κ1) is 11.5. The fraction of sp³-hybridized carbons (Fsp3) is 0.909. The van der Waals surface area contributed by atoms with E-state index in [2.05, 4.69) is 17.6 Å². The predicted octanol–water partition coefficient (Wildman–Crippen LogP) is 1.29. The Morgan fingerprint density at radius 3 is 2.71 bits per heavy atom. The number of rotatable bonds is 4. The molecule has 3 nitrogen and oxygen atoms in total. The molecule has 82 valence electrons.